The zero-order valence-corrected chi connectivity index (χ0v) is 9.75. The van der Waals surface area contributed by atoms with Crippen molar-refractivity contribution in [2.45, 2.75) is 46.5 Å². The molecule has 0 unspecified atom stereocenters. The molecule has 1 aliphatic carbocycles. The molecule has 1 fully saturated rings. The van der Waals surface area contributed by atoms with E-state index in [1.54, 1.807) is 0 Å². The first-order chi connectivity index (χ1) is 6.69. The van der Waals surface area contributed by atoms with E-state index in [9.17, 15) is 4.79 Å². The first kappa shape index (κ1) is 11.5. The van der Waals surface area contributed by atoms with Crippen LogP contribution in [0.5, 0.6) is 0 Å². The van der Waals surface area contributed by atoms with Crippen LogP contribution in [0.2, 0.25) is 0 Å². The molecule has 2 heteroatoms. The highest BCUT2D eigenvalue weighted by atomic mass is 16.2. The van der Waals surface area contributed by atoms with E-state index in [4.69, 9.17) is 0 Å². The van der Waals surface area contributed by atoms with E-state index < -0.39 is 0 Å². The molecule has 1 aliphatic rings. The molecule has 82 valence electrons. The van der Waals surface area contributed by atoms with E-state index in [0.717, 1.165) is 31.8 Å². The van der Waals surface area contributed by atoms with Gasteiger partial charge in [-0.1, -0.05) is 6.92 Å². The smallest absolute Gasteiger partial charge is 0.225 e. The van der Waals surface area contributed by atoms with Gasteiger partial charge in [-0.25, -0.2) is 0 Å². The Kier molecular flexibility index (Phi) is 4.43. The molecule has 0 atom stereocenters. The van der Waals surface area contributed by atoms with Crippen molar-refractivity contribution in [2.24, 2.45) is 11.8 Å². The number of rotatable bonds is 3. The SMILES string of the molecule is CCN(CC)C(=O)C1CCC(C)CC1. The minimum atomic E-state index is 0.325. The van der Waals surface area contributed by atoms with Crippen LogP contribution in [-0.4, -0.2) is 23.9 Å². The highest BCUT2D eigenvalue weighted by Crippen LogP contribution is 2.29. The molecule has 0 aromatic heterocycles. The molecular formula is C12H23NO. The van der Waals surface area contributed by atoms with Crippen LogP contribution in [0, 0.1) is 11.8 Å². The summed E-state index contributed by atoms with van der Waals surface area (Å²) < 4.78 is 0. The number of hydrogen-bond donors (Lipinski definition) is 0. The fourth-order valence-electron chi connectivity index (χ4n) is 2.30. The van der Waals surface area contributed by atoms with Gasteiger partial charge in [0.1, 0.15) is 0 Å². The zero-order chi connectivity index (χ0) is 10.6. The average molecular weight is 197 g/mol. The van der Waals surface area contributed by atoms with Gasteiger partial charge in [0.2, 0.25) is 5.91 Å². The second kappa shape index (κ2) is 5.38. The summed E-state index contributed by atoms with van der Waals surface area (Å²) in [5.41, 5.74) is 0. The van der Waals surface area contributed by atoms with Crippen molar-refractivity contribution in [3.63, 3.8) is 0 Å². The third kappa shape index (κ3) is 2.73. The van der Waals surface area contributed by atoms with Crippen LogP contribution >= 0.6 is 0 Å². The lowest BCUT2D eigenvalue weighted by atomic mass is 9.82. The Balaban J connectivity index is 2.44. The van der Waals surface area contributed by atoms with Gasteiger partial charge >= 0.3 is 0 Å². The van der Waals surface area contributed by atoms with E-state index in [2.05, 4.69) is 20.8 Å². The van der Waals surface area contributed by atoms with Gasteiger partial charge in [-0.05, 0) is 45.4 Å². The van der Waals surface area contributed by atoms with E-state index in [-0.39, 0.29) is 0 Å². The highest BCUT2D eigenvalue weighted by Gasteiger charge is 2.26. The minimum Gasteiger partial charge on any atom is -0.343 e. The van der Waals surface area contributed by atoms with Crippen LogP contribution in [-0.2, 0) is 4.79 Å². The number of amides is 1. The summed E-state index contributed by atoms with van der Waals surface area (Å²) in [6.07, 6.45) is 4.68. The standard InChI is InChI=1S/C12H23NO/c1-4-13(5-2)12(14)11-8-6-10(3)7-9-11/h10-11H,4-9H2,1-3H3. The lowest BCUT2D eigenvalue weighted by Crippen LogP contribution is -2.37. The molecule has 0 saturated heterocycles. The van der Waals surface area contributed by atoms with Gasteiger partial charge in [0.25, 0.3) is 0 Å². The van der Waals surface area contributed by atoms with Crippen LogP contribution in [0.15, 0.2) is 0 Å². The van der Waals surface area contributed by atoms with Crippen LogP contribution in [0.1, 0.15) is 46.5 Å². The molecule has 1 saturated carbocycles. The molecule has 0 aromatic carbocycles. The lowest BCUT2D eigenvalue weighted by Gasteiger charge is -2.29. The van der Waals surface area contributed by atoms with Gasteiger partial charge in [0.15, 0.2) is 0 Å². The van der Waals surface area contributed by atoms with Gasteiger partial charge in [-0.3, -0.25) is 4.79 Å². The first-order valence-corrected chi connectivity index (χ1v) is 5.97. The summed E-state index contributed by atoms with van der Waals surface area (Å²) in [6.45, 7) is 8.14. The Morgan fingerprint density at radius 1 is 1.14 bits per heavy atom. The lowest BCUT2D eigenvalue weighted by molar-refractivity contribution is -0.136. The molecule has 2 nitrogen and oxygen atoms in total. The monoisotopic (exact) mass is 197 g/mol. The van der Waals surface area contributed by atoms with Gasteiger partial charge in [-0.2, -0.15) is 0 Å². The van der Waals surface area contributed by atoms with Crippen LogP contribution < -0.4 is 0 Å². The van der Waals surface area contributed by atoms with Crippen molar-refractivity contribution < 1.29 is 4.79 Å². The first-order valence-electron chi connectivity index (χ1n) is 5.97. The van der Waals surface area contributed by atoms with E-state index in [0.29, 0.717) is 11.8 Å². The minimum absolute atomic E-state index is 0.325. The Labute approximate surface area is 87.7 Å². The Morgan fingerprint density at radius 3 is 2.07 bits per heavy atom. The van der Waals surface area contributed by atoms with Crippen molar-refractivity contribution in [3.05, 3.63) is 0 Å². The Hall–Kier alpha value is -0.530. The average Bonchev–Trinajstić information content (AvgIpc) is 2.20. The second-order valence-electron chi connectivity index (χ2n) is 4.47. The zero-order valence-electron chi connectivity index (χ0n) is 9.75. The topological polar surface area (TPSA) is 20.3 Å². The largest absolute Gasteiger partial charge is 0.343 e. The third-order valence-electron chi connectivity index (χ3n) is 3.44. The molecule has 0 N–H and O–H groups in total. The van der Waals surface area contributed by atoms with Gasteiger partial charge < -0.3 is 4.90 Å². The van der Waals surface area contributed by atoms with E-state index >= 15 is 0 Å². The van der Waals surface area contributed by atoms with Crippen molar-refractivity contribution in [2.75, 3.05) is 13.1 Å². The Bertz CT molecular complexity index is 179. The number of carbonyl (C=O) groups excluding carboxylic acids is 1. The number of hydrogen-bond acceptors (Lipinski definition) is 1. The second-order valence-corrected chi connectivity index (χ2v) is 4.47. The highest BCUT2D eigenvalue weighted by molar-refractivity contribution is 5.78. The summed E-state index contributed by atoms with van der Waals surface area (Å²) in [5.74, 6) is 1.55. The molecular weight excluding hydrogens is 174 g/mol. The third-order valence-corrected chi connectivity index (χ3v) is 3.44. The van der Waals surface area contributed by atoms with Gasteiger partial charge in [-0.15, -0.1) is 0 Å². The molecule has 0 bridgehead atoms. The predicted octanol–water partition coefficient (Wildman–Crippen LogP) is 2.68. The van der Waals surface area contributed by atoms with Crippen LogP contribution in [0.25, 0.3) is 0 Å². The molecule has 0 aromatic rings. The predicted molar refractivity (Wildman–Crippen MR) is 59.1 cm³/mol. The fraction of sp³-hybridized carbons (Fsp3) is 0.917. The number of carbonyl (C=O) groups is 1. The maximum absolute atomic E-state index is 12.0. The van der Waals surface area contributed by atoms with E-state index in [1.807, 2.05) is 4.90 Å². The van der Waals surface area contributed by atoms with Crippen molar-refractivity contribution in [1.82, 2.24) is 4.90 Å². The molecule has 1 rings (SSSR count). The van der Waals surface area contributed by atoms with Crippen molar-refractivity contribution in [3.8, 4) is 0 Å². The van der Waals surface area contributed by atoms with Gasteiger partial charge in [0, 0.05) is 19.0 Å². The molecule has 1 amide bonds. The van der Waals surface area contributed by atoms with E-state index in [1.165, 1.54) is 12.8 Å². The van der Waals surface area contributed by atoms with Crippen LogP contribution in [0.3, 0.4) is 0 Å². The maximum atomic E-state index is 12.0. The molecule has 0 spiro atoms. The fourth-order valence-corrected chi connectivity index (χ4v) is 2.30. The molecule has 0 heterocycles. The summed E-state index contributed by atoms with van der Waals surface area (Å²) in [4.78, 5) is 14.0. The normalized spacial score (nSPS) is 27.4. The summed E-state index contributed by atoms with van der Waals surface area (Å²) >= 11 is 0. The maximum Gasteiger partial charge on any atom is 0.225 e. The quantitative estimate of drug-likeness (QED) is 0.681. The Morgan fingerprint density at radius 2 is 1.64 bits per heavy atom. The molecule has 0 aliphatic heterocycles. The van der Waals surface area contributed by atoms with Crippen molar-refractivity contribution >= 4 is 5.91 Å². The number of nitrogens with zero attached hydrogens (tertiary/aromatic N) is 1. The summed E-state index contributed by atoms with van der Waals surface area (Å²) in [6, 6.07) is 0. The molecule has 14 heavy (non-hydrogen) atoms. The van der Waals surface area contributed by atoms with Crippen molar-refractivity contribution in [1.29, 1.82) is 0 Å². The summed E-state index contributed by atoms with van der Waals surface area (Å²) in [5, 5.41) is 0. The molecule has 0 radical (unpaired) electrons. The summed E-state index contributed by atoms with van der Waals surface area (Å²) in [7, 11) is 0. The van der Waals surface area contributed by atoms with Gasteiger partial charge in [0.05, 0.1) is 0 Å². The van der Waals surface area contributed by atoms with Crippen LogP contribution in [0.4, 0.5) is 0 Å².